The quantitative estimate of drug-likeness (QED) is 0.788. The average Bonchev–Trinajstić information content (AvgIpc) is 3.24. The number of amides is 1. The van der Waals surface area contributed by atoms with E-state index in [0.29, 0.717) is 23.6 Å². The molecule has 8 heteroatoms. The fourth-order valence-corrected chi connectivity index (χ4v) is 3.54. The minimum Gasteiger partial charge on any atom is -0.357 e. The molecule has 1 aromatic carbocycles. The van der Waals surface area contributed by atoms with Gasteiger partial charge in [-0.25, -0.2) is 4.98 Å². The minimum absolute atomic E-state index is 0.0392. The molecule has 2 N–H and O–H groups in total. The van der Waals surface area contributed by atoms with E-state index >= 15 is 0 Å². The molecule has 0 bridgehead atoms. The Morgan fingerprint density at radius 3 is 2.72 bits per heavy atom. The topological polar surface area (TPSA) is 54.0 Å². The number of halogens is 3. The van der Waals surface area contributed by atoms with E-state index in [4.69, 9.17) is 0 Å². The number of alkyl halides is 3. The Morgan fingerprint density at radius 1 is 1.28 bits per heavy atom. The van der Waals surface area contributed by atoms with Gasteiger partial charge in [0.1, 0.15) is 4.88 Å². The minimum atomic E-state index is -4.37. The highest BCUT2D eigenvalue weighted by Crippen LogP contribution is 2.35. The summed E-state index contributed by atoms with van der Waals surface area (Å²) >= 11 is 0.574. The fraction of sp³-hybridized carbons (Fsp3) is 0.412. The lowest BCUT2D eigenvalue weighted by Crippen LogP contribution is -2.20. The van der Waals surface area contributed by atoms with E-state index in [1.54, 1.807) is 0 Å². The summed E-state index contributed by atoms with van der Waals surface area (Å²) in [4.78, 5) is 15.2. The van der Waals surface area contributed by atoms with Gasteiger partial charge in [-0.15, -0.1) is 0 Å². The summed E-state index contributed by atoms with van der Waals surface area (Å²) < 4.78 is 37.7. The number of anilines is 2. The average molecular weight is 369 g/mol. The van der Waals surface area contributed by atoms with Crippen LogP contribution < -0.4 is 10.6 Å². The molecular weight excluding hydrogens is 351 g/mol. The zero-order chi connectivity index (χ0) is 17.9. The monoisotopic (exact) mass is 369 g/mol. The maximum atomic E-state index is 12.6. The van der Waals surface area contributed by atoms with Crippen molar-refractivity contribution < 1.29 is 18.0 Å². The van der Waals surface area contributed by atoms with E-state index in [-0.39, 0.29) is 17.0 Å². The Hall–Kier alpha value is -2.09. The molecule has 0 atom stereocenters. The summed E-state index contributed by atoms with van der Waals surface area (Å²) in [5.74, 6) is 0.121. The molecule has 25 heavy (non-hydrogen) atoms. The van der Waals surface area contributed by atoms with E-state index in [1.165, 1.54) is 0 Å². The number of aromatic nitrogens is 1. The molecule has 0 unspecified atom stereocenters. The van der Waals surface area contributed by atoms with Crippen LogP contribution in [0.3, 0.4) is 0 Å². The second kappa shape index (κ2) is 7.43. The van der Waals surface area contributed by atoms with E-state index in [9.17, 15) is 18.0 Å². The smallest absolute Gasteiger partial charge is 0.357 e. The first-order chi connectivity index (χ1) is 11.9. The van der Waals surface area contributed by atoms with Crippen LogP contribution in [0.4, 0.5) is 24.0 Å². The molecule has 2 aromatic rings. The standard InChI is InChI=1S/C17H18F3N3OS/c18-17(19,20)14-10-22-16(25-14)21-9-11-4-3-7-13(8-11)23-15(24)12-5-1-2-6-12/h3-4,7-8,10,12H,1-2,5-6,9H2,(H,21,22)(H,23,24). The van der Waals surface area contributed by atoms with Crippen molar-refractivity contribution in [2.75, 3.05) is 10.6 Å². The van der Waals surface area contributed by atoms with Crippen LogP contribution in [0.15, 0.2) is 30.5 Å². The predicted octanol–water partition coefficient (Wildman–Crippen LogP) is 4.90. The summed E-state index contributed by atoms with van der Waals surface area (Å²) in [6, 6.07) is 7.28. The van der Waals surface area contributed by atoms with Gasteiger partial charge >= 0.3 is 6.18 Å². The number of thiazole rings is 1. The van der Waals surface area contributed by atoms with Crippen LogP contribution in [-0.4, -0.2) is 10.9 Å². The van der Waals surface area contributed by atoms with Crippen molar-refractivity contribution in [1.29, 1.82) is 0 Å². The Kier molecular flexibility index (Phi) is 5.27. The number of benzene rings is 1. The maximum Gasteiger partial charge on any atom is 0.427 e. The first-order valence-corrected chi connectivity index (χ1v) is 8.90. The van der Waals surface area contributed by atoms with Gasteiger partial charge in [-0.05, 0) is 30.5 Å². The molecule has 4 nitrogen and oxygen atoms in total. The van der Waals surface area contributed by atoms with Crippen LogP contribution in [0.25, 0.3) is 0 Å². The zero-order valence-corrected chi connectivity index (χ0v) is 14.2. The van der Waals surface area contributed by atoms with Crippen molar-refractivity contribution in [3.8, 4) is 0 Å². The zero-order valence-electron chi connectivity index (χ0n) is 13.4. The van der Waals surface area contributed by atoms with Crippen LogP contribution in [0, 0.1) is 5.92 Å². The molecule has 3 rings (SSSR count). The first-order valence-electron chi connectivity index (χ1n) is 8.08. The molecule has 1 saturated carbocycles. The number of nitrogens with zero attached hydrogens (tertiary/aromatic N) is 1. The SMILES string of the molecule is O=C(Nc1cccc(CNc2ncc(C(F)(F)F)s2)c1)C1CCCC1. The molecule has 134 valence electrons. The molecule has 1 amide bonds. The van der Waals surface area contributed by atoms with Crippen LogP contribution in [0.2, 0.25) is 0 Å². The molecule has 0 radical (unpaired) electrons. The molecule has 0 aliphatic heterocycles. The Labute approximate surface area is 147 Å². The highest BCUT2D eigenvalue weighted by Gasteiger charge is 2.33. The molecule has 0 saturated heterocycles. The maximum absolute atomic E-state index is 12.6. The van der Waals surface area contributed by atoms with Gasteiger partial charge in [0.2, 0.25) is 5.91 Å². The number of hydrogen-bond acceptors (Lipinski definition) is 4. The summed E-state index contributed by atoms with van der Waals surface area (Å²) in [6.07, 6.45) is 0.496. The third-order valence-corrected chi connectivity index (χ3v) is 5.15. The van der Waals surface area contributed by atoms with Crippen molar-refractivity contribution in [3.63, 3.8) is 0 Å². The van der Waals surface area contributed by atoms with Crippen LogP contribution in [0.1, 0.15) is 36.1 Å². The van der Waals surface area contributed by atoms with Crippen molar-refractivity contribution >= 4 is 28.1 Å². The summed E-state index contributed by atoms with van der Waals surface area (Å²) in [5.41, 5.74) is 1.55. The largest absolute Gasteiger partial charge is 0.427 e. The summed E-state index contributed by atoms with van der Waals surface area (Å²) in [7, 11) is 0. The van der Waals surface area contributed by atoms with Crippen LogP contribution in [0.5, 0.6) is 0 Å². The molecule has 1 aliphatic carbocycles. The van der Waals surface area contributed by atoms with Gasteiger partial charge < -0.3 is 10.6 Å². The molecule has 1 aliphatic rings. The molecule has 0 spiro atoms. The Morgan fingerprint density at radius 2 is 2.04 bits per heavy atom. The van der Waals surface area contributed by atoms with Crippen molar-refractivity contribution in [2.45, 2.75) is 38.4 Å². The van der Waals surface area contributed by atoms with Gasteiger partial charge in [0.25, 0.3) is 0 Å². The van der Waals surface area contributed by atoms with Crippen LogP contribution >= 0.6 is 11.3 Å². The third-order valence-electron chi connectivity index (χ3n) is 4.15. The lowest BCUT2D eigenvalue weighted by atomic mass is 10.1. The van der Waals surface area contributed by atoms with Gasteiger partial charge in [-0.2, -0.15) is 13.2 Å². The van der Waals surface area contributed by atoms with E-state index in [1.807, 2.05) is 24.3 Å². The van der Waals surface area contributed by atoms with E-state index < -0.39 is 11.1 Å². The van der Waals surface area contributed by atoms with E-state index in [2.05, 4.69) is 15.6 Å². The number of rotatable bonds is 5. The first kappa shape index (κ1) is 17.7. The lowest BCUT2D eigenvalue weighted by molar-refractivity contribution is -0.134. The van der Waals surface area contributed by atoms with Crippen LogP contribution in [-0.2, 0) is 17.5 Å². The Balaban J connectivity index is 1.58. The molecule has 1 aromatic heterocycles. The molecule has 1 fully saturated rings. The highest BCUT2D eigenvalue weighted by atomic mass is 32.1. The second-order valence-corrected chi connectivity index (χ2v) is 7.08. The fourth-order valence-electron chi connectivity index (χ4n) is 2.86. The van der Waals surface area contributed by atoms with Gasteiger partial charge in [-0.3, -0.25) is 4.79 Å². The number of hydrogen-bond donors (Lipinski definition) is 2. The third kappa shape index (κ3) is 4.72. The van der Waals surface area contributed by atoms with Crippen molar-refractivity contribution in [2.24, 2.45) is 5.92 Å². The molecular formula is C17H18F3N3OS. The summed E-state index contributed by atoms with van der Waals surface area (Å²) in [6.45, 7) is 0.331. The normalized spacial score (nSPS) is 15.3. The van der Waals surface area contributed by atoms with Gasteiger partial charge in [0.05, 0.1) is 6.20 Å². The van der Waals surface area contributed by atoms with Gasteiger partial charge in [0, 0.05) is 18.2 Å². The highest BCUT2D eigenvalue weighted by molar-refractivity contribution is 7.15. The molecule has 1 heterocycles. The lowest BCUT2D eigenvalue weighted by Gasteiger charge is -2.11. The van der Waals surface area contributed by atoms with Gasteiger partial charge in [0.15, 0.2) is 5.13 Å². The van der Waals surface area contributed by atoms with Crippen molar-refractivity contribution in [1.82, 2.24) is 4.98 Å². The number of carbonyl (C=O) groups is 1. The number of carbonyl (C=O) groups excluding carboxylic acids is 1. The Bertz CT molecular complexity index is 739. The number of nitrogens with one attached hydrogen (secondary N) is 2. The predicted molar refractivity (Wildman–Crippen MR) is 91.5 cm³/mol. The summed E-state index contributed by atoms with van der Waals surface area (Å²) in [5, 5.41) is 6.02. The van der Waals surface area contributed by atoms with Crippen molar-refractivity contribution in [3.05, 3.63) is 40.9 Å². The second-order valence-electron chi connectivity index (χ2n) is 6.05. The van der Waals surface area contributed by atoms with E-state index in [0.717, 1.165) is 37.4 Å². The van der Waals surface area contributed by atoms with Gasteiger partial charge in [-0.1, -0.05) is 36.3 Å².